The second-order valence-electron chi connectivity index (χ2n) is 2.94. The summed E-state index contributed by atoms with van der Waals surface area (Å²) >= 11 is 0. The second-order valence-corrected chi connectivity index (χ2v) is 2.94. The fourth-order valence-electron chi connectivity index (χ4n) is 1.29. The zero-order valence-electron chi connectivity index (χ0n) is 7.61. The van der Waals surface area contributed by atoms with Crippen molar-refractivity contribution >= 4 is 17.0 Å². The average Bonchev–Trinajstić information content (AvgIpc) is 2.55. The van der Waals surface area contributed by atoms with Crippen LogP contribution in [0.2, 0.25) is 0 Å². The Morgan fingerprint density at radius 1 is 1.40 bits per heavy atom. The number of imidazole rings is 1. The maximum Gasteiger partial charge on any atom is 0.341 e. The highest BCUT2D eigenvalue weighted by molar-refractivity contribution is 5.81. The predicted molar refractivity (Wildman–Crippen MR) is 52.1 cm³/mol. The third-order valence-electron chi connectivity index (χ3n) is 1.86. The largest absolute Gasteiger partial charge is 0.480 e. The lowest BCUT2D eigenvalue weighted by molar-refractivity contribution is -0.139. The number of para-hydroxylation sites is 1. The summed E-state index contributed by atoms with van der Waals surface area (Å²) < 4.78 is 5.00. The van der Waals surface area contributed by atoms with Crippen molar-refractivity contribution in [2.45, 2.75) is 0 Å². The van der Waals surface area contributed by atoms with Crippen LogP contribution in [0.25, 0.3) is 11.0 Å². The van der Waals surface area contributed by atoms with E-state index >= 15 is 0 Å². The van der Waals surface area contributed by atoms with Crippen LogP contribution in [0.5, 0.6) is 5.75 Å². The number of fused-ring (bicyclic) bond motifs is 1. The number of ether oxygens (including phenoxy) is 1. The van der Waals surface area contributed by atoms with Gasteiger partial charge in [-0.1, -0.05) is 6.07 Å². The molecule has 1 aromatic carbocycles. The van der Waals surface area contributed by atoms with Crippen molar-refractivity contribution in [1.29, 1.82) is 0 Å². The van der Waals surface area contributed by atoms with Crippen molar-refractivity contribution in [3.8, 4) is 5.75 Å². The number of H-pyrrole nitrogens is 2. The van der Waals surface area contributed by atoms with Crippen molar-refractivity contribution in [2.75, 3.05) is 6.61 Å². The fourth-order valence-corrected chi connectivity index (χ4v) is 1.29. The minimum absolute atomic E-state index is 0.341. The van der Waals surface area contributed by atoms with E-state index in [1.165, 1.54) is 0 Å². The predicted octanol–water partition coefficient (Wildman–Crippen LogP) is 0.320. The third-order valence-corrected chi connectivity index (χ3v) is 1.86. The highest BCUT2D eigenvalue weighted by atomic mass is 16.5. The van der Waals surface area contributed by atoms with E-state index in [0.717, 1.165) is 0 Å². The van der Waals surface area contributed by atoms with Crippen molar-refractivity contribution < 1.29 is 14.6 Å². The molecule has 0 bridgehead atoms. The van der Waals surface area contributed by atoms with E-state index in [2.05, 4.69) is 9.97 Å². The molecule has 0 aliphatic carbocycles. The first-order chi connectivity index (χ1) is 7.16. The first-order valence-electron chi connectivity index (χ1n) is 4.22. The Bertz CT molecular complexity index is 554. The summed E-state index contributed by atoms with van der Waals surface area (Å²) in [6, 6.07) is 4.96. The maximum atomic E-state index is 11.0. The highest BCUT2D eigenvalue weighted by Crippen LogP contribution is 2.20. The molecule has 6 heteroatoms. The van der Waals surface area contributed by atoms with Crippen LogP contribution < -0.4 is 10.4 Å². The number of aliphatic carboxylic acids is 1. The van der Waals surface area contributed by atoms with Gasteiger partial charge in [-0.3, -0.25) is 0 Å². The van der Waals surface area contributed by atoms with Gasteiger partial charge in [0.15, 0.2) is 6.61 Å². The van der Waals surface area contributed by atoms with E-state index in [-0.39, 0.29) is 5.69 Å². The van der Waals surface area contributed by atoms with Crippen LogP contribution >= 0.6 is 0 Å². The second kappa shape index (κ2) is 3.49. The minimum atomic E-state index is -1.06. The smallest absolute Gasteiger partial charge is 0.341 e. The summed E-state index contributed by atoms with van der Waals surface area (Å²) in [5.74, 6) is -0.724. The molecule has 0 saturated heterocycles. The van der Waals surface area contributed by atoms with Gasteiger partial charge in [0.2, 0.25) is 0 Å². The number of rotatable bonds is 3. The van der Waals surface area contributed by atoms with Crippen molar-refractivity contribution in [3.05, 3.63) is 28.7 Å². The van der Waals surface area contributed by atoms with Crippen molar-refractivity contribution in [1.82, 2.24) is 9.97 Å². The molecular weight excluding hydrogens is 200 g/mol. The number of aromatic nitrogens is 2. The quantitative estimate of drug-likeness (QED) is 0.676. The Morgan fingerprint density at radius 3 is 2.93 bits per heavy atom. The molecule has 0 unspecified atom stereocenters. The molecule has 0 aliphatic rings. The lowest BCUT2D eigenvalue weighted by Gasteiger charge is -2.02. The van der Waals surface area contributed by atoms with Gasteiger partial charge in [-0.2, -0.15) is 0 Å². The van der Waals surface area contributed by atoms with E-state index in [4.69, 9.17) is 9.84 Å². The Kier molecular flexibility index (Phi) is 2.17. The maximum absolute atomic E-state index is 11.0. The van der Waals surface area contributed by atoms with Gasteiger partial charge in [0.1, 0.15) is 11.3 Å². The summed E-state index contributed by atoms with van der Waals surface area (Å²) in [5.41, 5.74) is 0.711. The molecule has 1 heterocycles. The van der Waals surface area contributed by atoms with Crippen LogP contribution in [-0.2, 0) is 4.79 Å². The first kappa shape index (κ1) is 9.32. The number of nitrogens with one attached hydrogen (secondary N) is 2. The summed E-state index contributed by atoms with van der Waals surface area (Å²) in [7, 11) is 0. The van der Waals surface area contributed by atoms with Gasteiger partial charge < -0.3 is 19.8 Å². The van der Waals surface area contributed by atoms with Crippen LogP contribution in [0.4, 0.5) is 0 Å². The number of hydrogen-bond donors (Lipinski definition) is 3. The molecule has 0 saturated carbocycles. The molecule has 0 spiro atoms. The molecule has 0 aliphatic heterocycles. The summed E-state index contributed by atoms with van der Waals surface area (Å²) in [6.45, 7) is -0.438. The molecular formula is C9H8N2O4. The number of carbonyl (C=O) groups is 1. The minimum Gasteiger partial charge on any atom is -0.480 e. The molecule has 2 rings (SSSR count). The lowest BCUT2D eigenvalue weighted by Crippen LogP contribution is -2.09. The van der Waals surface area contributed by atoms with Gasteiger partial charge in [0, 0.05) is 0 Å². The molecule has 3 N–H and O–H groups in total. The number of hydrogen-bond acceptors (Lipinski definition) is 3. The Labute approximate surface area is 83.5 Å². The van der Waals surface area contributed by atoms with Gasteiger partial charge >= 0.3 is 11.7 Å². The zero-order chi connectivity index (χ0) is 10.8. The van der Waals surface area contributed by atoms with Gasteiger partial charge in [0.25, 0.3) is 0 Å². The molecule has 1 aromatic heterocycles. The van der Waals surface area contributed by atoms with Gasteiger partial charge in [-0.15, -0.1) is 0 Å². The third kappa shape index (κ3) is 1.83. The first-order valence-corrected chi connectivity index (χ1v) is 4.22. The lowest BCUT2D eigenvalue weighted by atomic mass is 10.3. The molecule has 2 aromatic rings. The molecule has 0 fully saturated rings. The summed E-state index contributed by atoms with van der Waals surface area (Å²) in [5, 5.41) is 8.45. The van der Waals surface area contributed by atoms with Crippen LogP contribution in [0, 0.1) is 0 Å². The normalized spacial score (nSPS) is 10.4. The standard InChI is InChI=1S/C9H8N2O4/c12-7(13)4-15-6-3-1-2-5-8(6)11-9(14)10-5/h1-3H,4H2,(H,12,13)(H2,10,11,14). The van der Waals surface area contributed by atoms with E-state index in [9.17, 15) is 9.59 Å². The Balaban J connectivity index is 2.41. The highest BCUT2D eigenvalue weighted by Gasteiger charge is 2.06. The number of carboxylic acids is 1. The van der Waals surface area contributed by atoms with Gasteiger partial charge in [-0.25, -0.2) is 9.59 Å². The van der Waals surface area contributed by atoms with Crippen LogP contribution in [0.3, 0.4) is 0 Å². The molecule has 0 atom stereocenters. The molecule has 0 amide bonds. The molecule has 15 heavy (non-hydrogen) atoms. The van der Waals surface area contributed by atoms with E-state index in [0.29, 0.717) is 16.8 Å². The topological polar surface area (TPSA) is 95.2 Å². The van der Waals surface area contributed by atoms with Crippen molar-refractivity contribution in [3.63, 3.8) is 0 Å². The Morgan fingerprint density at radius 2 is 2.20 bits per heavy atom. The van der Waals surface area contributed by atoms with Gasteiger partial charge in [0.05, 0.1) is 5.52 Å². The SMILES string of the molecule is O=C(O)COc1cccc2[nH]c(=O)[nH]c12. The zero-order valence-corrected chi connectivity index (χ0v) is 7.61. The van der Waals surface area contributed by atoms with Crippen LogP contribution in [0.1, 0.15) is 0 Å². The molecule has 0 radical (unpaired) electrons. The van der Waals surface area contributed by atoms with Crippen molar-refractivity contribution in [2.24, 2.45) is 0 Å². The number of carboxylic acid groups (broad SMARTS) is 1. The van der Waals surface area contributed by atoms with Crippen LogP contribution in [-0.4, -0.2) is 27.7 Å². The average molecular weight is 208 g/mol. The monoisotopic (exact) mass is 208 g/mol. The van der Waals surface area contributed by atoms with E-state index in [1.54, 1.807) is 18.2 Å². The van der Waals surface area contributed by atoms with E-state index < -0.39 is 12.6 Å². The summed E-state index contributed by atoms with van der Waals surface area (Å²) in [4.78, 5) is 26.4. The fraction of sp³-hybridized carbons (Fsp3) is 0.111. The van der Waals surface area contributed by atoms with Crippen LogP contribution in [0.15, 0.2) is 23.0 Å². The number of aromatic amines is 2. The summed E-state index contributed by atoms with van der Waals surface area (Å²) in [6.07, 6.45) is 0. The van der Waals surface area contributed by atoms with Gasteiger partial charge in [-0.05, 0) is 12.1 Å². The Hall–Kier alpha value is -2.24. The molecule has 78 valence electrons. The molecule has 6 nitrogen and oxygen atoms in total. The number of benzene rings is 1. The van der Waals surface area contributed by atoms with E-state index in [1.807, 2.05) is 0 Å².